The maximum absolute atomic E-state index is 10.5. The molecule has 5 nitrogen and oxygen atoms in total. The summed E-state index contributed by atoms with van der Waals surface area (Å²) in [5.41, 5.74) is 12.1. The van der Waals surface area contributed by atoms with Crippen molar-refractivity contribution in [2.75, 3.05) is 24.7 Å². The molecule has 0 aliphatic heterocycles. The molecule has 1 aromatic rings. The average molecular weight is 209 g/mol. The Morgan fingerprint density at radius 3 is 2.87 bits per heavy atom. The molecule has 5 heteroatoms. The Morgan fingerprint density at radius 1 is 1.53 bits per heavy atom. The number of nitrogens with two attached hydrogens (primary N) is 2. The van der Waals surface area contributed by atoms with E-state index in [-0.39, 0.29) is 5.91 Å². The molecule has 1 rings (SSSR count). The number of hydrogen-bond acceptors (Lipinski definition) is 4. The number of nitrogen functional groups attached to an aromatic ring is 1. The van der Waals surface area contributed by atoms with Crippen molar-refractivity contribution < 1.29 is 9.53 Å². The Morgan fingerprint density at radius 2 is 2.27 bits per heavy atom. The van der Waals surface area contributed by atoms with E-state index in [1.54, 1.807) is 19.2 Å². The minimum atomic E-state index is -0.329. The molecule has 0 heterocycles. The van der Waals surface area contributed by atoms with E-state index in [2.05, 4.69) is 5.32 Å². The largest absolute Gasteiger partial charge is 0.495 e. The smallest absolute Gasteiger partial charge is 0.219 e. The van der Waals surface area contributed by atoms with Gasteiger partial charge in [0.15, 0.2) is 0 Å². The van der Waals surface area contributed by atoms with Crippen molar-refractivity contribution in [2.45, 2.75) is 6.42 Å². The van der Waals surface area contributed by atoms with Crippen molar-refractivity contribution in [1.82, 2.24) is 0 Å². The molecule has 0 aromatic heterocycles. The van der Waals surface area contributed by atoms with Crippen LogP contribution in [0.3, 0.4) is 0 Å². The van der Waals surface area contributed by atoms with Crippen LogP contribution in [-0.4, -0.2) is 19.6 Å². The van der Waals surface area contributed by atoms with Crippen molar-refractivity contribution >= 4 is 17.3 Å². The van der Waals surface area contributed by atoms with Gasteiger partial charge in [0.1, 0.15) is 5.75 Å². The van der Waals surface area contributed by atoms with Gasteiger partial charge in [-0.3, -0.25) is 4.79 Å². The summed E-state index contributed by atoms with van der Waals surface area (Å²) >= 11 is 0. The molecule has 0 unspecified atom stereocenters. The van der Waals surface area contributed by atoms with Crippen LogP contribution in [0.4, 0.5) is 11.4 Å². The van der Waals surface area contributed by atoms with E-state index >= 15 is 0 Å². The van der Waals surface area contributed by atoms with Crippen LogP contribution < -0.4 is 21.5 Å². The normalized spacial score (nSPS) is 9.67. The summed E-state index contributed by atoms with van der Waals surface area (Å²) in [6, 6.07) is 5.33. The molecule has 5 N–H and O–H groups in total. The van der Waals surface area contributed by atoms with Gasteiger partial charge in [-0.2, -0.15) is 0 Å². The molecule has 82 valence electrons. The fourth-order valence-electron chi connectivity index (χ4n) is 1.15. The molecule has 15 heavy (non-hydrogen) atoms. The molecule has 0 aliphatic rings. The molecule has 0 aliphatic carbocycles. The lowest BCUT2D eigenvalue weighted by atomic mass is 10.2. The van der Waals surface area contributed by atoms with Crippen LogP contribution in [0.25, 0.3) is 0 Å². The van der Waals surface area contributed by atoms with Gasteiger partial charge in [-0.1, -0.05) is 0 Å². The second-order valence-electron chi connectivity index (χ2n) is 3.10. The Balaban J connectivity index is 2.58. The summed E-state index contributed by atoms with van der Waals surface area (Å²) in [4.78, 5) is 10.5. The van der Waals surface area contributed by atoms with Gasteiger partial charge in [0.25, 0.3) is 0 Å². The Labute approximate surface area is 88.4 Å². The van der Waals surface area contributed by atoms with Gasteiger partial charge < -0.3 is 21.5 Å². The van der Waals surface area contributed by atoms with Crippen LogP contribution in [0, 0.1) is 0 Å². The molecule has 0 fully saturated rings. The lowest BCUT2D eigenvalue weighted by Gasteiger charge is -2.08. The molecular formula is C10H15N3O2. The Hall–Kier alpha value is -1.91. The first kappa shape index (κ1) is 11.2. The summed E-state index contributed by atoms with van der Waals surface area (Å²) in [5, 5.41) is 3.04. The fourth-order valence-corrected chi connectivity index (χ4v) is 1.15. The highest BCUT2D eigenvalue weighted by molar-refractivity contribution is 5.74. The highest BCUT2D eigenvalue weighted by Gasteiger charge is 2.00. The minimum absolute atomic E-state index is 0.298. The van der Waals surface area contributed by atoms with Crippen LogP contribution in [0.2, 0.25) is 0 Å². The number of hydrogen-bond donors (Lipinski definition) is 3. The molecule has 0 bridgehead atoms. The van der Waals surface area contributed by atoms with E-state index < -0.39 is 0 Å². The third kappa shape index (κ3) is 3.38. The number of methoxy groups -OCH3 is 1. The third-order valence-electron chi connectivity index (χ3n) is 1.93. The van der Waals surface area contributed by atoms with Gasteiger partial charge in [0.2, 0.25) is 5.91 Å². The number of rotatable bonds is 5. The van der Waals surface area contributed by atoms with Crippen molar-refractivity contribution in [2.24, 2.45) is 5.73 Å². The predicted molar refractivity (Wildman–Crippen MR) is 59.7 cm³/mol. The van der Waals surface area contributed by atoms with E-state index in [4.69, 9.17) is 16.2 Å². The fraction of sp³-hybridized carbons (Fsp3) is 0.300. The number of benzene rings is 1. The SMILES string of the molecule is COc1cc(NCCC(N)=O)ccc1N. The van der Waals surface area contributed by atoms with Crippen LogP contribution in [0.5, 0.6) is 5.75 Å². The van der Waals surface area contributed by atoms with Gasteiger partial charge in [-0.05, 0) is 12.1 Å². The second kappa shape index (κ2) is 5.09. The summed E-state index contributed by atoms with van der Waals surface area (Å²) in [6.07, 6.45) is 0.298. The monoisotopic (exact) mass is 209 g/mol. The standard InChI is InChI=1S/C10H15N3O2/c1-15-9-6-7(2-3-8(9)11)13-5-4-10(12)14/h2-3,6,13H,4-5,11H2,1H3,(H2,12,14). The molecular weight excluding hydrogens is 194 g/mol. The van der Waals surface area contributed by atoms with Crippen LogP contribution in [0.1, 0.15) is 6.42 Å². The average Bonchev–Trinajstić information content (AvgIpc) is 2.20. The second-order valence-corrected chi connectivity index (χ2v) is 3.10. The maximum atomic E-state index is 10.5. The first-order valence-electron chi connectivity index (χ1n) is 4.59. The topological polar surface area (TPSA) is 90.4 Å². The van der Waals surface area contributed by atoms with Crippen molar-refractivity contribution in [3.05, 3.63) is 18.2 Å². The van der Waals surface area contributed by atoms with Crippen LogP contribution >= 0.6 is 0 Å². The molecule has 0 saturated heterocycles. The molecule has 1 aromatic carbocycles. The van der Waals surface area contributed by atoms with Gasteiger partial charge >= 0.3 is 0 Å². The highest BCUT2D eigenvalue weighted by atomic mass is 16.5. The quantitative estimate of drug-likeness (QED) is 0.618. The molecule has 0 saturated carbocycles. The summed E-state index contributed by atoms with van der Waals surface area (Å²) in [7, 11) is 1.55. The zero-order valence-corrected chi connectivity index (χ0v) is 8.62. The zero-order chi connectivity index (χ0) is 11.3. The van der Waals surface area contributed by atoms with Gasteiger partial charge in [0, 0.05) is 24.7 Å². The van der Waals surface area contributed by atoms with Crippen LogP contribution in [-0.2, 0) is 4.79 Å². The predicted octanol–water partition coefficient (Wildman–Crippen LogP) is 0.565. The summed E-state index contributed by atoms with van der Waals surface area (Å²) in [5.74, 6) is 0.281. The Kier molecular flexibility index (Phi) is 3.79. The maximum Gasteiger partial charge on any atom is 0.219 e. The lowest BCUT2D eigenvalue weighted by Crippen LogP contribution is -2.15. The van der Waals surface area contributed by atoms with Crippen LogP contribution in [0.15, 0.2) is 18.2 Å². The van der Waals surface area contributed by atoms with E-state index in [0.717, 1.165) is 5.69 Å². The van der Waals surface area contributed by atoms with Gasteiger partial charge in [-0.15, -0.1) is 0 Å². The number of ether oxygens (including phenoxy) is 1. The number of carbonyl (C=O) groups is 1. The summed E-state index contributed by atoms with van der Waals surface area (Å²) < 4.78 is 5.06. The number of carbonyl (C=O) groups excluding carboxylic acids is 1. The lowest BCUT2D eigenvalue weighted by molar-refractivity contribution is -0.117. The van der Waals surface area contributed by atoms with Crippen molar-refractivity contribution in [3.8, 4) is 5.75 Å². The highest BCUT2D eigenvalue weighted by Crippen LogP contribution is 2.24. The van der Waals surface area contributed by atoms with Gasteiger partial charge in [-0.25, -0.2) is 0 Å². The molecule has 0 radical (unpaired) electrons. The van der Waals surface area contributed by atoms with E-state index in [9.17, 15) is 4.79 Å². The van der Waals surface area contributed by atoms with Crippen molar-refractivity contribution in [3.63, 3.8) is 0 Å². The number of anilines is 2. The van der Waals surface area contributed by atoms with Gasteiger partial charge in [0.05, 0.1) is 12.8 Å². The summed E-state index contributed by atoms with van der Waals surface area (Å²) in [6.45, 7) is 0.502. The first-order chi connectivity index (χ1) is 7.13. The molecule has 0 spiro atoms. The van der Waals surface area contributed by atoms with Crippen molar-refractivity contribution in [1.29, 1.82) is 0 Å². The van der Waals surface area contributed by atoms with E-state index in [1.165, 1.54) is 0 Å². The van der Waals surface area contributed by atoms with E-state index in [1.807, 2.05) is 6.07 Å². The number of nitrogens with one attached hydrogen (secondary N) is 1. The zero-order valence-electron chi connectivity index (χ0n) is 8.62. The van der Waals surface area contributed by atoms with E-state index in [0.29, 0.717) is 24.4 Å². The number of amides is 1. The third-order valence-corrected chi connectivity index (χ3v) is 1.93. The molecule has 1 amide bonds. The minimum Gasteiger partial charge on any atom is -0.495 e. The number of primary amides is 1. The molecule has 0 atom stereocenters. The first-order valence-corrected chi connectivity index (χ1v) is 4.59. The Bertz CT molecular complexity index is 353.